The van der Waals surface area contributed by atoms with E-state index in [-0.39, 0.29) is 29.1 Å². The van der Waals surface area contributed by atoms with Crippen LogP contribution in [-0.2, 0) is 27.2 Å². The van der Waals surface area contributed by atoms with Crippen LogP contribution in [0.4, 0.5) is 10.5 Å². The number of ketones is 1. The number of amides is 2. The predicted octanol–water partition coefficient (Wildman–Crippen LogP) is 7.72. The second-order valence-corrected chi connectivity index (χ2v) is 15.3. The summed E-state index contributed by atoms with van der Waals surface area (Å²) < 4.78 is 5.76. The van der Waals surface area contributed by atoms with Crippen LogP contribution >= 0.6 is 0 Å². The number of pyridine rings is 1. The highest BCUT2D eigenvalue weighted by molar-refractivity contribution is 5.91. The molecule has 6 rings (SSSR count). The van der Waals surface area contributed by atoms with Crippen LogP contribution in [0.1, 0.15) is 73.3 Å². The van der Waals surface area contributed by atoms with Crippen molar-refractivity contribution < 1.29 is 29.3 Å². The molecule has 0 aliphatic carbocycles. The van der Waals surface area contributed by atoms with E-state index >= 15 is 0 Å². The number of aromatic nitrogens is 1. The van der Waals surface area contributed by atoms with E-state index in [0.29, 0.717) is 80.2 Å². The van der Waals surface area contributed by atoms with Crippen molar-refractivity contribution in [3.05, 3.63) is 130 Å². The van der Waals surface area contributed by atoms with Gasteiger partial charge in [0.1, 0.15) is 17.6 Å². The first kappa shape index (κ1) is 41.8. The molecule has 1 aromatic heterocycles. The van der Waals surface area contributed by atoms with Crippen LogP contribution in [0, 0.1) is 6.92 Å². The fourth-order valence-corrected chi connectivity index (χ4v) is 7.70. The zero-order valence-corrected chi connectivity index (χ0v) is 33.4. The highest BCUT2D eigenvalue weighted by Gasteiger charge is 2.24. The van der Waals surface area contributed by atoms with Crippen LogP contribution in [0.2, 0.25) is 0 Å². The van der Waals surface area contributed by atoms with Crippen LogP contribution in [0.15, 0.2) is 102 Å². The summed E-state index contributed by atoms with van der Waals surface area (Å²) in [6.45, 7) is 4.66. The maximum atomic E-state index is 12.9. The summed E-state index contributed by atoms with van der Waals surface area (Å²) in [6, 6.07) is 29.9. The van der Waals surface area contributed by atoms with Gasteiger partial charge in [-0.15, -0.1) is 0 Å². The van der Waals surface area contributed by atoms with Gasteiger partial charge in [-0.25, -0.2) is 4.79 Å². The lowest BCUT2D eigenvalue weighted by Crippen LogP contribution is -2.40. The summed E-state index contributed by atoms with van der Waals surface area (Å²) in [5.74, 6) is 0.157. The number of aliphatic hydroxyl groups is 1. The first-order valence-electron chi connectivity index (χ1n) is 20.3. The van der Waals surface area contributed by atoms with E-state index < -0.39 is 12.2 Å². The molecular formula is C47H54N4O7. The van der Waals surface area contributed by atoms with Crippen LogP contribution in [-0.4, -0.2) is 82.1 Å². The van der Waals surface area contributed by atoms with Gasteiger partial charge in [-0.2, -0.15) is 0 Å². The molecule has 0 unspecified atom stereocenters. The van der Waals surface area contributed by atoms with E-state index in [1.54, 1.807) is 24.1 Å². The number of nitrogens with one attached hydrogen (secondary N) is 2. The van der Waals surface area contributed by atoms with E-state index in [1.807, 2.05) is 73.7 Å². The van der Waals surface area contributed by atoms with Gasteiger partial charge in [0.25, 0.3) is 0 Å². The Labute approximate surface area is 339 Å². The summed E-state index contributed by atoms with van der Waals surface area (Å²) in [7, 11) is 1.79. The molecule has 0 radical (unpaired) electrons. The van der Waals surface area contributed by atoms with Crippen molar-refractivity contribution in [3.8, 4) is 16.9 Å². The number of aryl methyl sites for hydroxylation is 2. The monoisotopic (exact) mass is 786 g/mol. The molecule has 0 bridgehead atoms. The Morgan fingerprint density at radius 3 is 2.47 bits per heavy atom. The van der Waals surface area contributed by atoms with Crippen molar-refractivity contribution in [2.24, 2.45) is 0 Å². The average molecular weight is 787 g/mol. The molecule has 1 fully saturated rings. The number of aromatic hydroxyl groups is 1. The maximum absolute atomic E-state index is 12.9. The standard InChI is InChI=1S/C47H54N4O7/c1-32-30-33(10-8-16-42(53)39-19-21-43(54)46-40(39)20-22-44(55)49-46)17-18-35(32)31-36(52)13-9-26-50(2)45(56)25-29-51-27-23-37(24-28-51)58-47(57)48-41-15-7-6-14-38(41)34-11-4-3-5-12-34/h3-7,11-12,14-15,17-22,30,37,42,53-54H,8-10,13,16,23-29,31H2,1-2H3,(H,48,57)(H,49,55)/t42-/m0/s1. The zero-order chi connectivity index (χ0) is 41.0. The number of hydrogen-bond acceptors (Lipinski definition) is 8. The molecule has 4 N–H and O–H groups in total. The number of fused-ring (bicyclic) bond motifs is 1. The number of phenolic OH excluding ortho intramolecular Hbond substituents is 1. The molecule has 5 aromatic rings. The van der Waals surface area contributed by atoms with Gasteiger partial charge in [-0.1, -0.05) is 72.8 Å². The Morgan fingerprint density at radius 1 is 0.931 bits per heavy atom. The number of benzene rings is 4. The Bertz CT molecular complexity index is 2250. The summed E-state index contributed by atoms with van der Waals surface area (Å²) in [5, 5.41) is 24.6. The highest BCUT2D eigenvalue weighted by atomic mass is 16.6. The molecule has 11 nitrogen and oxygen atoms in total. The molecule has 2 heterocycles. The van der Waals surface area contributed by atoms with Crippen molar-refractivity contribution in [3.63, 3.8) is 0 Å². The molecular weight excluding hydrogens is 733 g/mol. The molecule has 1 atom stereocenters. The second-order valence-electron chi connectivity index (χ2n) is 15.3. The fourth-order valence-electron chi connectivity index (χ4n) is 7.70. The SMILES string of the molecule is Cc1cc(CCC[C@H](O)c2ccc(O)c3[nH]c(=O)ccc23)ccc1CC(=O)CCCN(C)C(=O)CCN1CCC(OC(=O)Nc2ccccc2-c2ccccc2)CC1. The minimum absolute atomic E-state index is 0.0330. The lowest BCUT2D eigenvalue weighted by Gasteiger charge is -2.31. The Morgan fingerprint density at radius 2 is 1.69 bits per heavy atom. The predicted molar refractivity (Wildman–Crippen MR) is 227 cm³/mol. The van der Waals surface area contributed by atoms with Crippen molar-refractivity contribution in [1.82, 2.24) is 14.8 Å². The number of rotatable bonds is 17. The molecule has 11 heteroatoms. The number of Topliss-reactive ketones (excluding diaryl/α,β-unsaturated/α-hetero) is 1. The van der Waals surface area contributed by atoms with Crippen LogP contribution in [0.25, 0.3) is 22.0 Å². The lowest BCUT2D eigenvalue weighted by molar-refractivity contribution is -0.130. The highest BCUT2D eigenvalue weighted by Crippen LogP contribution is 2.31. The number of aliphatic hydroxyl groups excluding tert-OH is 1. The third-order valence-electron chi connectivity index (χ3n) is 11.1. The number of phenols is 1. The zero-order valence-electron chi connectivity index (χ0n) is 33.4. The van der Waals surface area contributed by atoms with Gasteiger partial charge in [0.15, 0.2) is 0 Å². The van der Waals surface area contributed by atoms with Gasteiger partial charge >= 0.3 is 6.09 Å². The molecule has 58 heavy (non-hydrogen) atoms. The van der Waals surface area contributed by atoms with Crippen molar-refractivity contribution >= 4 is 34.4 Å². The Hall–Kier alpha value is -5.78. The Balaban J connectivity index is 0.847. The molecule has 1 aliphatic heterocycles. The average Bonchev–Trinajstić information content (AvgIpc) is 3.22. The van der Waals surface area contributed by atoms with Gasteiger partial charge in [0.05, 0.1) is 17.3 Å². The first-order chi connectivity index (χ1) is 28.0. The van der Waals surface area contributed by atoms with E-state index in [2.05, 4.69) is 21.3 Å². The van der Waals surface area contributed by atoms with Crippen molar-refractivity contribution in [2.45, 2.75) is 76.9 Å². The molecule has 2 amide bonds. The quantitative estimate of drug-likeness (QED) is 0.0748. The topological polar surface area (TPSA) is 152 Å². The fraction of sp³-hybridized carbons (Fsp3) is 0.362. The summed E-state index contributed by atoms with van der Waals surface area (Å²) in [6.07, 6.45) is 3.77. The lowest BCUT2D eigenvalue weighted by atomic mass is 9.95. The number of ether oxygens (including phenoxy) is 1. The van der Waals surface area contributed by atoms with E-state index in [4.69, 9.17) is 4.74 Å². The number of nitrogens with zero attached hydrogens (tertiary/aromatic N) is 2. The van der Waals surface area contributed by atoms with E-state index in [1.165, 1.54) is 12.1 Å². The number of H-pyrrole nitrogens is 1. The van der Waals surface area contributed by atoms with Crippen LogP contribution in [0.3, 0.4) is 0 Å². The molecule has 304 valence electrons. The number of para-hydroxylation sites is 1. The van der Waals surface area contributed by atoms with Crippen LogP contribution in [0.5, 0.6) is 5.75 Å². The van der Waals surface area contributed by atoms with Gasteiger partial charge in [-0.3, -0.25) is 19.7 Å². The molecule has 0 saturated carbocycles. The summed E-state index contributed by atoms with van der Waals surface area (Å²) >= 11 is 0. The van der Waals surface area contributed by atoms with Gasteiger partial charge in [-0.05, 0) is 91.5 Å². The smallest absolute Gasteiger partial charge is 0.411 e. The number of carbonyl (C=O) groups excluding carboxylic acids is 3. The third-order valence-corrected chi connectivity index (χ3v) is 11.1. The normalized spacial score (nSPS) is 13.9. The summed E-state index contributed by atoms with van der Waals surface area (Å²) in [5.41, 5.74) is 6.49. The molecule has 1 saturated heterocycles. The second kappa shape index (κ2) is 20.1. The number of carbonyl (C=O) groups is 3. The first-order valence-corrected chi connectivity index (χ1v) is 20.3. The number of aromatic amines is 1. The number of piperidine rings is 1. The van der Waals surface area contributed by atoms with Gasteiger partial charge < -0.3 is 29.7 Å². The van der Waals surface area contributed by atoms with E-state index in [9.17, 15) is 29.4 Å². The van der Waals surface area contributed by atoms with Crippen molar-refractivity contribution in [1.29, 1.82) is 0 Å². The van der Waals surface area contributed by atoms with Crippen molar-refractivity contribution in [2.75, 3.05) is 38.5 Å². The van der Waals surface area contributed by atoms with Gasteiger partial charge in [0, 0.05) is 69.5 Å². The van der Waals surface area contributed by atoms with Gasteiger partial charge in [0.2, 0.25) is 11.5 Å². The summed E-state index contributed by atoms with van der Waals surface area (Å²) in [4.78, 5) is 56.9. The maximum Gasteiger partial charge on any atom is 0.411 e. The molecule has 1 aliphatic rings. The van der Waals surface area contributed by atoms with E-state index in [0.717, 1.165) is 53.7 Å². The largest absolute Gasteiger partial charge is 0.506 e. The molecule has 0 spiro atoms. The number of likely N-dealkylation sites (tertiary alicyclic amines) is 1. The number of hydrogen-bond donors (Lipinski definition) is 4. The van der Waals surface area contributed by atoms with Crippen LogP contribution < -0.4 is 10.9 Å². The third kappa shape index (κ3) is 11.4. The number of anilines is 1. The molecule has 4 aromatic carbocycles. The minimum Gasteiger partial charge on any atom is -0.506 e. The Kier molecular flexibility index (Phi) is 14.5. The minimum atomic E-state index is -0.747.